The first-order valence-electron chi connectivity index (χ1n) is 12.8. The Morgan fingerprint density at radius 1 is 1.15 bits per heavy atom. The molecule has 1 aromatic heterocycles. The Morgan fingerprint density at radius 2 is 1.92 bits per heavy atom. The molecule has 0 unspecified atom stereocenters. The van der Waals surface area contributed by atoms with Crippen LogP contribution >= 0.6 is 11.6 Å². The van der Waals surface area contributed by atoms with E-state index in [1.165, 1.54) is 31.4 Å². The molecule has 3 aromatic carbocycles. The number of benzene rings is 3. The van der Waals surface area contributed by atoms with Gasteiger partial charge in [-0.3, -0.25) is 9.48 Å². The number of aromatic nitrogens is 2. The first-order valence-corrected chi connectivity index (χ1v) is 13.2. The van der Waals surface area contributed by atoms with E-state index in [2.05, 4.69) is 14.7 Å². The van der Waals surface area contributed by atoms with Gasteiger partial charge in [-0.25, -0.2) is 9.18 Å². The van der Waals surface area contributed by atoms with E-state index in [1.807, 2.05) is 38.4 Å². The number of aryl methyl sites for hydroxylation is 1. The minimum atomic E-state index is -0.549. The summed E-state index contributed by atoms with van der Waals surface area (Å²) < 4.78 is 21.3. The van der Waals surface area contributed by atoms with Gasteiger partial charge in [0.05, 0.1) is 30.4 Å². The Labute approximate surface area is 231 Å². The highest BCUT2D eigenvalue weighted by Gasteiger charge is 2.29. The number of ether oxygens (including phenoxy) is 1. The van der Waals surface area contributed by atoms with Crippen LogP contribution in [0.3, 0.4) is 0 Å². The van der Waals surface area contributed by atoms with Crippen LogP contribution in [0, 0.1) is 11.7 Å². The number of esters is 1. The van der Waals surface area contributed by atoms with Gasteiger partial charge in [0.1, 0.15) is 5.82 Å². The highest BCUT2D eigenvalue weighted by atomic mass is 35.5. The van der Waals surface area contributed by atoms with Gasteiger partial charge in [-0.1, -0.05) is 29.8 Å². The predicted octanol–water partition coefficient (Wildman–Crippen LogP) is 5.58. The Kier molecular flexibility index (Phi) is 7.68. The summed E-state index contributed by atoms with van der Waals surface area (Å²) in [5.41, 5.74) is 2.52. The topological polar surface area (TPSA) is 67.7 Å². The van der Waals surface area contributed by atoms with Crippen molar-refractivity contribution in [1.29, 1.82) is 0 Å². The van der Waals surface area contributed by atoms with Crippen molar-refractivity contribution in [1.82, 2.24) is 14.7 Å². The Bertz CT molecular complexity index is 1590. The van der Waals surface area contributed by atoms with Crippen LogP contribution in [0.15, 0.2) is 54.7 Å². The number of piperidine rings is 1. The summed E-state index contributed by atoms with van der Waals surface area (Å²) in [6, 6.07) is 12.3. The zero-order chi connectivity index (χ0) is 27.7. The number of carbonyl (C=O) groups excluding carboxylic acids is 2. The van der Waals surface area contributed by atoms with Crippen molar-refractivity contribution in [3.8, 4) is 0 Å². The van der Waals surface area contributed by atoms with Gasteiger partial charge in [-0.05, 0) is 79.8 Å². The minimum absolute atomic E-state index is 0.0636. The maximum Gasteiger partial charge on any atom is 0.330 e. The second-order valence-electron chi connectivity index (χ2n) is 10.0. The fraction of sp³-hybridized carbons (Fsp3) is 0.300. The van der Waals surface area contributed by atoms with Crippen molar-refractivity contribution >= 4 is 56.9 Å². The van der Waals surface area contributed by atoms with E-state index in [4.69, 9.17) is 11.6 Å². The van der Waals surface area contributed by atoms with Crippen molar-refractivity contribution in [3.05, 3.63) is 76.7 Å². The second kappa shape index (κ2) is 11.2. The van der Waals surface area contributed by atoms with Crippen molar-refractivity contribution in [3.63, 3.8) is 0 Å². The van der Waals surface area contributed by atoms with Crippen LogP contribution in [0.2, 0.25) is 5.02 Å². The summed E-state index contributed by atoms with van der Waals surface area (Å²) in [5, 5.41) is 7.61. The number of hydrogen-bond donors (Lipinski definition) is 0. The molecule has 1 saturated heterocycles. The van der Waals surface area contributed by atoms with Crippen molar-refractivity contribution in [2.24, 2.45) is 13.0 Å². The van der Waals surface area contributed by atoms with Crippen molar-refractivity contribution in [2.45, 2.75) is 19.4 Å². The van der Waals surface area contributed by atoms with E-state index < -0.39 is 11.8 Å². The van der Waals surface area contributed by atoms with Crippen LogP contribution in [0.1, 0.15) is 24.0 Å². The minimum Gasteiger partial charge on any atom is -0.466 e. The third-order valence-corrected chi connectivity index (χ3v) is 7.75. The molecular formula is C30H30ClFN4O3. The summed E-state index contributed by atoms with van der Waals surface area (Å²) in [6.45, 7) is 1.84. The van der Waals surface area contributed by atoms with E-state index >= 15 is 0 Å². The first kappa shape index (κ1) is 26.8. The molecule has 4 aromatic rings. The van der Waals surface area contributed by atoms with Crippen LogP contribution in [0.5, 0.6) is 0 Å². The number of amides is 1. The average molecular weight is 549 g/mol. The lowest BCUT2D eigenvalue weighted by atomic mass is 9.94. The molecule has 0 spiro atoms. The molecule has 0 aliphatic carbocycles. The van der Waals surface area contributed by atoms with E-state index in [-0.39, 0.29) is 18.4 Å². The summed E-state index contributed by atoms with van der Waals surface area (Å²) in [7, 11) is 5.16. The van der Waals surface area contributed by atoms with Gasteiger partial charge in [0.15, 0.2) is 0 Å². The van der Waals surface area contributed by atoms with E-state index in [9.17, 15) is 14.0 Å². The van der Waals surface area contributed by atoms with Crippen LogP contribution in [-0.4, -0.2) is 53.8 Å². The largest absolute Gasteiger partial charge is 0.466 e. The number of rotatable bonds is 6. The van der Waals surface area contributed by atoms with Gasteiger partial charge in [0.2, 0.25) is 5.91 Å². The van der Waals surface area contributed by atoms with Gasteiger partial charge < -0.3 is 14.5 Å². The molecule has 1 aliphatic heterocycles. The van der Waals surface area contributed by atoms with Crippen LogP contribution in [0.25, 0.3) is 27.8 Å². The molecule has 0 atom stereocenters. The highest BCUT2D eigenvalue weighted by molar-refractivity contribution is 6.40. The maximum atomic E-state index is 14.9. The van der Waals surface area contributed by atoms with Crippen molar-refractivity contribution < 1.29 is 18.7 Å². The molecule has 1 aliphatic rings. The summed E-state index contributed by atoms with van der Waals surface area (Å²) >= 11 is 6.95. The number of halogens is 2. The number of hydrogen-bond acceptors (Lipinski definition) is 5. The molecule has 5 rings (SSSR count). The van der Waals surface area contributed by atoms with E-state index in [1.54, 1.807) is 21.8 Å². The standard InChI is InChI=1S/C30H30ClFN4O3/c1-34-11-9-20(10-12-34)30(38)36(25-14-19(13-24(32)16-25)7-8-26(37)39-3)18-22-6-4-5-21-15-23-17-33-35(2)29(23)28(31)27(21)22/h4-8,13-17,20H,9-12,18H2,1-3H3. The molecule has 39 heavy (non-hydrogen) atoms. The number of anilines is 1. The average Bonchev–Trinajstić information content (AvgIpc) is 3.30. The molecule has 7 nitrogen and oxygen atoms in total. The van der Waals surface area contributed by atoms with Gasteiger partial charge in [-0.15, -0.1) is 0 Å². The highest BCUT2D eigenvalue weighted by Crippen LogP contribution is 2.36. The Balaban J connectivity index is 1.61. The Hall–Kier alpha value is -3.75. The lowest BCUT2D eigenvalue weighted by Crippen LogP contribution is -2.41. The van der Waals surface area contributed by atoms with Gasteiger partial charge in [0, 0.05) is 35.5 Å². The Morgan fingerprint density at radius 3 is 2.67 bits per heavy atom. The molecule has 0 radical (unpaired) electrons. The molecule has 202 valence electrons. The fourth-order valence-corrected chi connectivity index (χ4v) is 5.74. The molecule has 9 heteroatoms. The number of methoxy groups -OCH3 is 1. The summed E-state index contributed by atoms with van der Waals surface area (Å²) in [6.07, 6.45) is 5.93. The smallest absolute Gasteiger partial charge is 0.330 e. The number of likely N-dealkylation sites (tertiary alicyclic amines) is 1. The normalized spacial score (nSPS) is 14.9. The fourth-order valence-electron chi connectivity index (χ4n) is 5.28. The van der Waals surface area contributed by atoms with E-state index in [0.29, 0.717) is 16.3 Å². The molecule has 0 bridgehead atoms. The predicted molar refractivity (Wildman–Crippen MR) is 152 cm³/mol. The lowest BCUT2D eigenvalue weighted by Gasteiger charge is -2.33. The van der Waals surface area contributed by atoms with Gasteiger partial charge in [0.25, 0.3) is 0 Å². The maximum absolute atomic E-state index is 14.9. The number of nitrogens with zero attached hydrogens (tertiary/aromatic N) is 4. The molecule has 1 fully saturated rings. The number of fused-ring (bicyclic) bond motifs is 2. The molecular weight excluding hydrogens is 519 g/mol. The monoisotopic (exact) mass is 548 g/mol. The lowest BCUT2D eigenvalue weighted by molar-refractivity contribution is -0.134. The van der Waals surface area contributed by atoms with E-state index in [0.717, 1.165) is 53.2 Å². The zero-order valence-electron chi connectivity index (χ0n) is 22.2. The molecule has 2 heterocycles. The summed E-state index contributed by atoms with van der Waals surface area (Å²) in [4.78, 5) is 29.5. The molecule has 0 N–H and O–H groups in total. The SMILES string of the molecule is COC(=O)C=Cc1cc(F)cc(N(Cc2cccc3cc4cnn(C)c4c(Cl)c23)C(=O)C2CCN(C)CC2)c1. The second-order valence-corrected chi connectivity index (χ2v) is 10.4. The quantitative estimate of drug-likeness (QED) is 0.232. The third kappa shape index (κ3) is 5.53. The van der Waals surface area contributed by atoms with Gasteiger partial charge >= 0.3 is 5.97 Å². The van der Waals surface area contributed by atoms with Crippen LogP contribution < -0.4 is 4.90 Å². The van der Waals surface area contributed by atoms with Gasteiger partial charge in [-0.2, -0.15) is 5.10 Å². The third-order valence-electron chi connectivity index (χ3n) is 7.38. The molecule has 1 amide bonds. The molecule has 0 saturated carbocycles. The zero-order valence-corrected chi connectivity index (χ0v) is 22.9. The van der Waals surface area contributed by atoms with Crippen molar-refractivity contribution in [2.75, 3.05) is 32.1 Å². The summed E-state index contributed by atoms with van der Waals surface area (Å²) in [5.74, 6) is -1.31. The van der Waals surface area contributed by atoms with Crippen LogP contribution in [0.4, 0.5) is 10.1 Å². The number of carbonyl (C=O) groups is 2. The van der Waals surface area contributed by atoms with Crippen LogP contribution in [-0.2, 0) is 27.9 Å². The first-order chi connectivity index (χ1) is 18.7.